The second kappa shape index (κ2) is 10.2. The highest BCUT2D eigenvalue weighted by Gasteiger charge is 2.25. The maximum atomic E-state index is 15.4. The van der Waals surface area contributed by atoms with Crippen LogP contribution in [0.25, 0.3) is 0 Å². The number of nitrogens with zero attached hydrogens (tertiary/aromatic N) is 1. The molecule has 2 aromatic rings. The second-order valence-electron chi connectivity index (χ2n) is 6.88. The Kier molecular flexibility index (Phi) is 7.93. The number of halogens is 2. The topological polar surface area (TPSA) is 105 Å². The van der Waals surface area contributed by atoms with Crippen molar-refractivity contribution >= 4 is 23.3 Å². The predicted octanol–water partition coefficient (Wildman–Crippen LogP) is 4.63. The van der Waals surface area contributed by atoms with Crippen LogP contribution >= 0.6 is 11.6 Å². The quantitative estimate of drug-likeness (QED) is 0.556. The van der Waals surface area contributed by atoms with Gasteiger partial charge in [-0.2, -0.15) is 5.26 Å². The zero-order valence-electron chi connectivity index (χ0n) is 17.0. The maximum Gasteiger partial charge on any atom is 0.218 e. The highest BCUT2D eigenvalue weighted by atomic mass is 35.5. The van der Waals surface area contributed by atoms with E-state index < -0.39 is 23.5 Å². The minimum atomic E-state index is -0.743. The molecule has 3 N–H and O–H groups in total. The van der Waals surface area contributed by atoms with Gasteiger partial charge in [-0.15, -0.1) is 0 Å². The molecule has 0 spiro atoms. The SMILES string of the molecule is CC[C@@H](N[C@@H](C)CC(N)=O)c1ccc(Cl)c(C(=O)c2ccc(OC)c(C#N)c2)c1F.[HH].[HH].[HH]. The van der Waals surface area contributed by atoms with Crippen molar-refractivity contribution in [2.75, 3.05) is 7.11 Å². The molecule has 0 bridgehead atoms. The Balaban J connectivity index is 0. The number of carbonyl (C=O) groups is 2. The molecule has 30 heavy (non-hydrogen) atoms. The van der Waals surface area contributed by atoms with Crippen LogP contribution in [0.5, 0.6) is 5.75 Å². The van der Waals surface area contributed by atoms with Crippen molar-refractivity contribution in [3.05, 3.63) is 63.4 Å². The van der Waals surface area contributed by atoms with Crippen LogP contribution in [0.15, 0.2) is 30.3 Å². The summed E-state index contributed by atoms with van der Waals surface area (Å²) in [6.45, 7) is 3.63. The first kappa shape index (κ1) is 23.3. The first-order valence-electron chi connectivity index (χ1n) is 9.38. The molecule has 0 aromatic heterocycles. The molecule has 2 aromatic carbocycles. The predicted molar refractivity (Wildman–Crippen MR) is 118 cm³/mol. The summed E-state index contributed by atoms with van der Waals surface area (Å²) in [6.07, 6.45) is 0.608. The van der Waals surface area contributed by atoms with Crippen LogP contribution in [0.2, 0.25) is 5.02 Å². The summed E-state index contributed by atoms with van der Waals surface area (Å²) in [5.74, 6) is -1.54. The van der Waals surface area contributed by atoms with Gasteiger partial charge in [0.2, 0.25) is 5.91 Å². The van der Waals surface area contributed by atoms with E-state index in [9.17, 15) is 14.9 Å². The first-order chi connectivity index (χ1) is 14.2. The van der Waals surface area contributed by atoms with Crippen LogP contribution in [0.4, 0.5) is 4.39 Å². The molecule has 6 nitrogen and oxygen atoms in total. The lowest BCUT2D eigenvalue weighted by atomic mass is 9.95. The number of nitriles is 1. The van der Waals surface area contributed by atoms with Gasteiger partial charge in [-0.1, -0.05) is 24.6 Å². The summed E-state index contributed by atoms with van der Waals surface area (Å²) >= 11 is 6.17. The highest BCUT2D eigenvalue weighted by molar-refractivity contribution is 6.35. The molecule has 1 amide bonds. The Bertz CT molecular complexity index is 1020. The van der Waals surface area contributed by atoms with Crippen LogP contribution in [-0.4, -0.2) is 24.8 Å². The van der Waals surface area contributed by atoms with E-state index in [0.29, 0.717) is 12.2 Å². The molecule has 0 saturated heterocycles. The molecular weight excluding hydrogens is 409 g/mol. The average Bonchev–Trinajstić information content (AvgIpc) is 2.71. The molecule has 0 aliphatic rings. The number of primary amides is 1. The Morgan fingerprint density at radius 2 is 2.07 bits per heavy atom. The molecule has 0 unspecified atom stereocenters. The number of hydrogen-bond acceptors (Lipinski definition) is 5. The van der Waals surface area contributed by atoms with Crippen LogP contribution in [0.1, 0.15) is 64.1 Å². The van der Waals surface area contributed by atoms with E-state index in [2.05, 4.69) is 5.32 Å². The number of ether oxygens (including phenoxy) is 1. The molecular formula is C22H29ClFN3O3. The number of ketones is 1. The number of nitrogens with one attached hydrogen (secondary N) is 1. The average molecular weight is 438 g/mol. The van der Waals surface area contributed by atoms with Gasteiger partial charge in [-0.3, -0.25) is 9.59 Å². The monoisotopic (exact) mass is 437 g/mol. The van der Waals surface area contributed by atoms with Crippen LogP contribution < -0.4 is 15.8 Å². The van der Waals surface area contributed by atoms with Crippen molar-refractivity contribution in [2.45, 2.75) is 38.8 Å². The third kappa shape index (κ3) is 5.15. The zero-order valence-corrected chi connectivity index (χ0v) is 17.7. The van der Waals surface area contributed by atoms with E-state index in [4.69, 9.17) is 22.1 Å². The fourth-order valence-electron chi connectivity index (χ4n) is 3.26. The van der Waals surface area contributed by atoms with E-state index in [-0.39, 0.29) is 44.0 Å². The Morgan fingerprint density at radius 1 is 1.37 bits per heavy atom. The number of carbonyl (C=O) groups excluding carboxylic acids is 2. The molecule has 0 aliphatic carbocycles. The number of hydrogen-bond donors (Lipinski definition) is 2. The minimum absolute atomic E-state index is 0. The summed E-state index contributed by atoms with van der Waals surface area (Å²) in [5, 5.41) is 12.4. The summed E-state index contributed by atoms with van der Waals surface area (Å²) in [5.41, 5.74) is 5.49. The van der Waals surface area contributed by atoms with Crippen molar-refractivity contribution in [2.24, 2.45) is 5.73 Å². The summed E-state index contributed by atoms with van der Waals surface area (Å²) in [7, 11) is 1.41. The van der Waals surface area contributed by atoms with E-state index in [1.807, 2.05) is 13.0 Å². The Morgan fingerprint density at radius 3 is 2.63 bits per heavy atom. The fourth-order valence-corrected chi connectivity index (χ4v) is 3.49. The van der Waals surface area contributed by atoms with Gasteiger partial charge in [0.15, 0.2) is 5.78 Å². The Labute approximate surface area is 184 Å². The summed E-state index contributed by atoms with van der Waals surface area (Å²) in [4.78, 5) is 24.2. The van der Waals surface area contributed by atoms with Crippen molar-refractivity contribution in [3.63, 3.8) is 0 Å². The number of methoxy groups -OCH3 is 1. The molecule has 0 heterocycles. The number of amides is 1. The molecule has 2 rings (SSSR count). The number of nitrogens with two attached hydrogens (primary N) is 1. The smallest absolute Gasteiger partial charge is 0.218 e. The van der Waals surface area contributed by atoms with Crippen molar-refractivity contribution in [1.29, 1.82) is 5.26 Å². The summed E-state index contributed by atoms with van der Waals surface area (Å²) < 4.78 is 20.5. The van der Waals surface area contributed by atoms with E-state index in [1.54, 1.807) is 6.92 Å². The standard InChI is InChI=1S/C22H23ClFN3O3.3H2/c1-4-17(27-12(2)9-19(26)28)15-6-7-16(23)20(21(15)24)22(29)13-5-8-18(30-3)14(10-13)11-25;;;/h5-8,10,12,17,27H,4,9H2,1-3H3,(H2,26,28);3*1H/t12-,17+;;;/m0.../s1. The molecule has 164 valence electrons. The normalized spacial score (nSPS) is 12.7. The molecule has 2 atom stereocenters. The second-order valence-corrected chi connectivity index (χ2v) is 7.29. The zero-order chi connectivity index (χ0) is 22.4. The lowest BCUT2D eigenvalue weighted by Crippen LogP contribution is -2.34. The maximum absolute atomic E-state index is 15.4. The van der Waals surface area contributed by atoms with Gasteiger partial charge in [0.1, 0.15) is 17.6 Å². The molecule has 0 saturated carbocycles. The van der Waals surface area contributed by atoms with Gasteiger partial charge in [-0.05, 0) is 37.6 Å². The fraction of sp³-hybridized carbons (Fsp3) is 0.318. The van der Waals surface area contributed by atoms with Crippen molar-refractivity contribution in [1.82, 2.24) is 5.32 Å². The molecule has 0 fully saturated rings. The third-order valence-electron chi connectivity index (χ3n) is 4.71. The van der Waals surface area contributed by atoms with Gasteiger partial charge in [0, 0.05) is 33.9 Å². The van der Waals surface area contributed by atoms with Gasteiger partial charge in [0.05, 0.1) is 23.3 Å². The highest BCUT2D eigenvalue weighted by Crippen LogP contribution is 2.31. The van der Waals surface area contributed by atoms with Gasteiger partial charge < -0.3 is 15.8 Å². The van der Waals surface area contributed by atoms with E-state index in [0.717, 1.165) is 0 Å². The summed E-state index contributed by atoms with van der Waals surface area (Å²) in [6, 6.07) is 8.47. The minimum Gasteiger partial charge on any atom is -0.495 e. The van der Waals surface area contributed by atoms with E-state index >= 15 is 4.39 Å². The lowest BCUT2D eigenvalue weighted by molar-refractivity contribution is -0.118. The number of benzene rings is 2. The largest absolute Gasteiger partial charge is 0.495 e. The van der Waals surface area contributed by atoms with Crippen LogP contribution in [-0.2, 0) is 4.79 Å². The van der Waals surface area contributed by atoms with Crippen molar-refractivity contribution in [3.8, 4) is 11.8 Å². The van der Waals surface area contributed by atoms with Gasteiger partial charge >= 0.3 is 0 Å². The lowest BCUT2D eigenvalue weighted by Gasteiger charge is -2.23. The van der Waals surface area contributed by atoms with Crippen LogP contribution in [0, 0.1) is 17.1 Å². The first-order valence-corrected chi connectivity index (χ1v) is 9.76. The molecule has 0 aliphatic heterocycles. The van der Waals surface area contributed by atoms with Gasteiger partial charge in [0.25, 0.3) is 0 Å². The molecule has 8 heteroatoms. The Hall–Kier alpha value is -2.95. The van der Waals surface area contributed by atoms with Gasteiger partial charge in [-0.25, -0.2) is 4.39 Å². The molecule has 0 radical (unpaired) electrons. The van der Waals surface area contributed by atoms with Crippen LogP contribution in [0.3, 0.4) is 0 Å². The van der Waals surface area contributed by atoms with E-state index in [1.165, 1.54) is 37.4 Å². The third-order valence-corrected chi connectivity index (χ3v) is 5.02. The number of rotatable bonds is 9. The van der Waals surface area contributed by atoms with Crippen molar-refractivity contribution < 1.29 is 23.0 Å².